The number of aryl methyl sites for hydroxylation is 1. The highest BCUT2D eigenvalue weighted by molar-refractivity contribution is 5.26. The minimum atomic E-state index is 0.627. The Balaban J connectivity index is 2.81. The van der Waals surface area contributed by atoms with Crippen molar-refractivity contribution >= 4 is 0 Å². The molecule has 108 valence electrons. The van der Waals surface area contributed by atoms with Crippen molar-refractivity contribution in [1.82, 2.24) is 5.32 Å². The zero-order valence-electron chi connectivity index (χ0n) is 13.2. The molecule has 0 saturated carbocycles. The van der Waals surface area contributed by atoms with Crippen LogP contribution >= 0.6 is 0 Å². The van der Waals surface area contributed by atoms with Crippen molar-refractivity contribution in [2.75, 3.05) is 6.54 Å². The molecule has 0 saturated heterocycles. The van der Waals surface area contributed by atoms with E-state index in [1.807, 2.05) is 0 Å². The smallest absolute Gasteiger partial charge is 0.0136 e. The fourth-order valence-corrected chi connectivity index (χ4v) is 2.84. The van der Waals surface area contributed by atoms with Crippen LogP contribution < -0.4 is 5.32 Å². The molecular weight excluding hydrogens is 230 g/mol. The lowest BCUT2D eigenvalue weighted by Crippen LogP contribution is -2.35. The second-order valence-corrected chi connectivity index (χ2v) is 5.46. The first-order valence-electron chi connectivity index (χ1n) is 8.08. The van der Waals surface area contributed by atoms with Gasteiger partial charge in [-0.05, 0) is 49.3 Å². The molecule has 1 nitrogen and oxygen atoms in total. The van der Waals surface area contributed by atoms with E-state index in [0.717, 1.165) is 13.0 Å². The predicted octanol–water partition coefficient (Wildman–Crippen LogP) is 4.91. The lowest BCUT2D eigenvalue weighted by Gasteiger charge is -2.28. The molecule has 0 aliphatic rings. The highest BCUT2D eigenvalue weighted by Crippen LogP contribution is 2.26. The summed E-state index contributed by atoms with van der Waals surface area (Å²) in [7, 11) is 0. The Kier molecular flexibility index (Phi) is 7.81. The largest absolute Gasteiger partial charge is 0.313 e. The molecule has 0 bridgehead atoms. The Labute approximate surface area is 119 Å². The summed E-state index contributed by atoms with van der Waals surface area (Å²) in [6, 6.07) is 9.89. The van der Waals surface area contributed by atoms with Gasteiger partial charge in [-0.3, -0.25) is 0 Å². The van der Waals surface area contributed by atoms with Crippen LogP contribution in [0.15, 0.2) is 24.3 Å². The van der Waals surface area contributed by atoms with Crippen molar-refractivity contribution in [2.45, 2.75) is 71.8 Å². The lowest BCUT2D eigenvalue weighted by molar-refractivity contribution is 0.396. The first kappa shape index (κ1) is 16.2. The quantitative estimate of drug-likeness (QED) is 0.666. The van der Waals surface area contributed by atoms with Crippen molar-refractivity contribution < 1.29 is 0 Å². The first-order chi connectivity index (χ1) is 9.26. The van der Waals surface area contributed by atoms with E-state index in [0.29, 0.717) is 12.0 Å². The van der Waals surface area contributed by atoms with Gasteiger partial charge in [0.1, 0.15) is 0 Å². The molecule has 0 spiro atoms. The van der Waals surface area contributed by atoms with Crippen molar-refractivity contribution in [3.05, 3.63) is 35.4 Å². The summed E-state index contributed by atoms with van der Waals surface area (Å²) in [4.78, 5) is 0. The molecule has 19 heavy (non-hydrogen) atoms. The third kappa shape index (κ3) is 4.99. The van der Waals surface area contributed by atoms with Crippen molar-refractivity contribution in [1.29, 1.82) is 0 Å². The summed E-state index contributed by atoms with van der Waals surface area (Å²) in [6.07, 6.45) is 6.08. The van der Waals surface area contributed by atoms with E-state index >= 15 is 0 Å². The Bertz CT molecular complexity index is 328. The maximum Gasteiger partial charge on any atom is 0.0136 e. The Hall–Kier alpha value is -0.820. The number of benzene rings is 1. The zero-order chi connectivity index (χ0) is 14.1. The van der Waals surface area contributed by atoms with Crippen LogP contribution in [0, 0.1) is 0 Å². The van der Waals surface area contributed by atoms with Crippen LogP contribution in [0.1, 0.15) is 70.4 Å². The maximum absolute atomic E-state index is 3.75. The minimum absolute atomic E-state index is 0.627. The molecule has 1 rings (SSSR count). The molecule has 1 aromatic carbocycles. The van der Waals surface area contributed by atoms with Gasteiger partial charge in [0.2, 0.25) is 0 Å². The Morgan fingerprint density at radius 3 is 2.11 bits per heavy atom. The molecule has 2 unspecified atom stereocenters. The third-order valence-corrected chi connectivity index (χ3v) is 4.00. The number of nitrogens with one attached hydrogen (secondary N) is 1. The van der Waals surface area contributed by atoms with E-state index in [-0.39, 0.29) is 0 Å². The zero-order valence-corrected chi connectivity index (χ0v) is 13.2. The summed E-state index contributed by atoms with van der Waals surface area (Å²) >= 11 is 0. The monoisotopic (exact) mass is 261 g/mol. The Morgan fingerprint density at radius 1 is 0.947 bits per heavy atom. The highest BCUT2D eigenvalue weighted by Gasteiger charge is 2.20. The maximum atomic E-state index is 3.75. The van der Waals surface area contributed by atoms with E-state index in [1.54, 1.807) is 0 Å². The van der Waals surface area contributed by atoms with Crippen LogP contribution in [0.25, 0.3) is 0 Å². The molecule has 0 aliphatic heterocycles. The van der Waals surface area contributed by atoms with Crippen LogP contribution in [0.2, 0.25) is 0 Å². The summed E-state index contributed by atoms with van der Waals surface area (Å²) in [5, 5.41) is 3.75. The molecule has 0 aromatic heterocycles. The molecule has 0 heterocycles. The number of hydrogen-bond acceptors (Lipinski definition) is 1. The van der Waals surface area contributed by atoms with Gasteiger partial charge >= 0.3 is 0 Å². The molecule has 2 atom stereocenters. The van der Waals surface area contributed by atoms with Gasteiger partial charge < -0.3 is 5.32 Å². The van der Waals surface area contributed by atoms with E-state index < -0.39 is 0 Å². The SMILES string of the molecule is CCCNC(CCC)C(CC)c1ccc(CC)cc1. The third-order valence-electron chi connectivity index (χ3n) is 4.00. The Morgan fingerprint density at radius 2 is 1.63 bits per heavy atom. The first-order valence-corrected chi connectivity index (χ1v) is 8.08. The summed E-state index contributed by atoms with van der Waals surface area (Å²) < 4.78 is 0. The molecule has 1 N–H and O–H groups in total. The molecule has 1 heteroatoms. The van der Waals surface area contributed by atoms with Crippen LogP contribution in [-0.2, 0) is 6.42 Å². The molecule has 1 aromatic rings. The standard InChI is InChI=1S/C18H31N/c1-5-9-18(19-14-6-2)17(8-4)16-12-10-15(7-3)11-13-16/h10-13,17-19H,5-9,14H2,1-4H3. The van der Waals surface area contributed by atoms with E-state index in [9.17, 15) is 0 Å². The van der Waals surface area contributed by atoms with Gasteiger partial charge in [-0.15, -0.1) is 0 Å². The van der Waals surface area contributed by atoms with Gasteiger partial charge in [-0.2, -0.15) is 0 Å². The van der Waals surface area contributed by atoms with E-state index in [1.165, 1.54) is 36.8 Å². The average Bonchev–Trinajstić information content (AvgIpc) is 2.46. The molecular formula is C18H31N. The molecule has 0 aliphatic carbocycles. The van der Waals surface area contributed by atoms with Crippen LogP contribution in [0.5, 0.6) is 0 Å². The second kappa shape index (κ2) is 9.14. The van der Waals surface area contributed by atoms with Crippen molar-refractivity contribution in [3.63, 3.8) is 0 Å². The highest BCUT2D eigenvalue weighted by atomic mass is 14.9. The van der Waals surface area contributed by atoms with Gasteiger partial charge in [0.25, 0.3) is 0 Å². The van der Waals surface area contributed by atoms with Gasteiger partial charge in [0, 0.05) is 6.04 Å². The van der Waals surface area contributed by atoms with Crippen molar-refractivity contribution in [3.8, 4) is 0 Å². The molecule has 0 amide bonds. The van der Waals surface area contributed by atoms with Gasteiger partial charge in [0.05, 0.1) is 0 Å². The van der Waals surface area contributed by atoms with Crippen molar-refractivity contribution in [2.24, 2.45) is 0 Å². The van der Waals surface area contributed by atoms with Crippen LogP contribution in [0.4, 0.5) is 0 Å². The summed E-state index contributed by atoms with van der Waals surface area (Å²) in [5.41, 5.74) is 2.94. The van der Waals surface area contributed by atoms with E-state index in [2.05, 4.69) is 57.3 Å². The second-order valence-electron chi connectivity index (χ2n) is 5.46. The molecule has 0 radical (unpaired) electrons. The number of hydrogen-bond donors (Lipinski definition) is 1. The lowest BCUT2D eigenvalue weighted by atomic mass is 9.86. The van der Waals surface area contributed by atoms with E-state index in [4.69, 9.17) is 0 Å². The predicted molar refractivity (Wildman–Crippen MR) is 85.8 cm³/mol. The molecule has 0 fully saturated rings. The van der Waals surface area contributed by atoms with Gasteiger partial charge in [-0.25, -0.2) is 0 Å². The van der Waals surface area contributed by atoms with Gasteiger partial charge in [0.15, 0.2) is 0 Å². The normalized spacial score (nSPS) is 14.3. The summed E-state index contributed by atoms with van der Waals surface area (Å²) in [6.45, 7) is 10.2. The van der Waals surface area contributed by atoms with Crippen LogP contribution in [0.3, 0.4) is 0 Å². The average molecular weight is 261 g/mol. The number of rotatable bonds is 9. The van der Waals surface area contributed by atoms with Gasteiger partial charge in [-0.1, -0.05) is 58.4 Å². The fraction of sp³-hybridized carbons (Fsp3) is 0.667. The fourth-order valence-electron chi connectivity index (χ4n) is 2.84. The topological polar surface area (TPSA) is 12.0 Å². The minimum Gasteiger partial charge on any atom is -0.313 e. The van der Waals surface area contributed by atoms with Crippen LogP contribution in [-0.4, -0.2) is 12.6 Å². The summed E-state index contributed by atoms with van der Waals surface area (Å²) in [5.74, 6) is 0.650.